The fourth-order valence-electron chi connectivity index (χ4n) is 3.50. The Balaban J connectivity index is 1.36. The van der Waals surface area contributed by atoms with Crippen LogP contribution in [-0.2, 0) is 13.6 Å². The lowest BCUT2D eigenvalue weighted by atomic mass is 10.1. The van der Waals surface area contributed by atoms with Crippen LogP contribution in [0.1, 0.15) is 5.56 Å². The predicted octanol–water partition coefficient (Wildman–Crippen LogP) is 3.79. The molecule has 4 aromatic heterocycles. The lowest BCUT2D eigenvalue weighted by Gasteiger charge is -2.08. The molecule has 7 heteroatoms. The molecule has 0 atom stereocenters. The lowest BCUT2D eigenvalue weighted by Crippen LogP contribution is -2.14. The van der Waals surface area contributed by atoms with Gasteiger partial charge in [-0.1, -0.05) is 24.3 Å². The number of nitrogens with zero attached hydrogens (tertiary/aromatic N) is 5. The molecule has 4 heterocycles. The number of hydrogen-bond acceptors (Lipinski definition) is 5. The Labute approximate surface area is 178 Å². The summed E-state index contributed by atoms with van der Waals surface area (Å²) in [6, 6.07) is 19.4. The Bertz CT molecular complexity index is 1400. The van der Waals surface area contributed by atoms with Gasteiger partial charge in [-0.05, 0) is 35.9 Å². The van der Waals surface area contributed by atoms with Crippen LogP contribution < -0.4 is 10.9 Å². The van der Waals surface area contributed by atoms with Crippen molar-refractivity contribution in [3.8, 4) is 16.9 Å². The number of aryl methyl sites for hydroxylation is 1. The maximum absolute atomic E-state index is 11.6. The molecule has 0 aliphatic heterocycles. The number of benzene rings is 1. The number of fused-ring (bicyclic) bond motifs is 1. The number of rotatable bonds is 5. The van der Waals surface area contributed by atoms with Gasteiger partial charge < -0.3 is 9.88 Å². The summed E-state index contributed by atoms with van der Waals surface area (Å²) in [5.74, 6) is 0.731. The second-order valence-electron chi connectivity index (χ2n) is 7.25. The summed E-state index contributed by atoms with van der Waals surface area (Å²) in [5.41, 5.74) is 5.57. The summed E-state index contributed by atoms with van der Waals surface area (Å²) in [7, 11) is 1.73. The Morgan fingerprint density at radius 3 is 2.58 bits per heavy atom. The molecule has 0 spiro atoms. The highest BCUT2D eigenvalue weighted by atomic mass is 16.1. The molecule has 0 unspecified atom stereocenters. The number of imidazole rings is 1. The predicted molar refractivity (Wildman–Crippen MR) is 121 cm³/mol. The van der Waals surface area contributed by atoms with Crippen molar-refractivity contribution in [2.45, 2.75) is 6.54 Å². The molecular formula is C24H20N6O. The Morgan fingerprint density at radius 2 is 1.81 bits per heavy atom. The van der Waals surface area contributed by atoms with Crippen LogP contribution in [0.3, 0.4) is 0 Å². The SMILES string of the molecule is Cn1cc(-c2ccc(CNc3nccc4c3ncn4-c3ccccc3)cn2)ccc1=O. The van der Waals surface area contributed by atoms with Crippen molar-refractivity contribution in [1.82, 2.24) is 24.1 Å². The zero-order valence-corrected chi connectivity index (χ0v) is 16.9. The first-order valence-electron chi connectivity index (χ1n) is 9.92. The van der Waals surface area contributed by atoms with E-state index in [1.807, 2.05) is 65.6 Å². The van der Waals surface area contributed by atoms with Crippen molar-refractivity contribution in [1.29, 1.82) is 0 Å². The minimum Gasteiger partial charge on any atom is -0.364 e. The van der Waals surface area contributed by atoms with E-state index in [-0.39, 0.29) is 5.56 Å². The minimum atomic E-state index is -0.0408. The number of para-hydroxylation sites is 1. The van der Waals surface area contributed by atoms with Gasteiger partial charge in [0.2, 0.25) is 5.56 Å². The first-order chi connectivity index (χ1) is 15.2. The standard InChI is InChI=1S/C24H20N6O/c1-29-15-18(8-10-22(29)31)20-9-7-17(13-26-20)14-27-24-23-21(11-12-25-24)30(16-28-23)19-5-3-2-4-6-19/h2-13,15-16H,14H2,1H3,(H,25,27). The number of anilines is 1. The van der Waals surface area contributed by atoms with Crippen molar-refractivity contribution in [3.63, 3.8) is 0 Å². The number of aromatic nitrogens is 5. The van der Waals surface area contributed by atoms with Gasteiger partial charge >= 0.3 is 0 Å². The third-order valence-electron chi connectivity index (χ3n) is 5.17. The maximum Gasteiger partial charge on any atom is 0.250 e. The average molecular weight is 408 g/mol. The largest absolute Gasteiger partial charge is 0.364 e. The molecule has 0 aliphatic rings. The first kappa shape index (κ1) is 18.7. The van der Waals surface area contributed by atoms with Crippen molar-refractivity contribution in [2.75, 3.05) is 5.32 Å². The van der Waals surface area contributed by atoms with Crippen LogP contribution in [0.25, 0.3) is 28.0 Å². The van der Waals surface area contributed by atoms with Crippen LogP contribution in [0.5, 0.6) is 0 Å². The van der Waals surface area contributed by atoms with Crippen LogP contribution >= 0.6 is 0 Å². The molecule has 152 valence electrons. The van der Waals surface area contributed by atoms with Gasteiger partial charge in [0.05, 0.1) is 11.2 Å². The molecule has 5 aromatic rings. The second kappa shape index (κ2) is 7.87. The molecule has 0 amide bonds. The summed E-state index contributed by atoms with van der Waals surface area (Å²) in [6.07, 6.45) is 7.22. The Kier molecular flexibility index (Phi) is 4.76. The van der Waals surface area contributed by atoms with E-state index in [0.29, 0.717) is 6.54 Å². The van der Waals surface area contributed by atoms with E-state index in [4.69, 9.17) is 0 Å². The van der Waals surface area contributed by atoms with Gasteiger partial charge in [-0.15, -0.1) is 0 Å². The van der Waals surface area contributed by atoms with Gasteiger partial charge in [-0.2, -0.15) is 0 Å². The summed E-state index contributed by atoms with van der Waals surface area (Å²) in [5, 5.41) is 3.37. The summed E-state index contributed by atoms with van der Waals surface area (Å²) < 4.78 is 3.60. The molecule has 1 N–H and O–H groups in total. The van der Waals surface area contributed by atoms with Crippen LogP contribution in [0.4, 0.5) is 5.82 Å². The Morgan fingerprint density at radius 1 is 0.935 bits per heavy atom. The molecule has 0 aliphatic carbocycles. The van der Waals surface area contributed by atoms with E-state index in [1.165, 1.54) is 0 Å². The van der Waals surface area contributed by atoms with Gasteiger partial charge in [0.15, 0.2) is 5.82 Å². The van der Waals surface area contributed by atoms with Crippen LogP contribution in [0, 0.1) is 0 Å². The van der Waals surface area contributed by atoms with Crippen LogP contribution in [-0.4, -0.2) is 24.1 Å². The van der Waals surface area contributed by atoms with Gasteiger partial charge in [-0.3, -0.25) is 14.3 Å². The molecule has 0 saturated heterocycles. The minimum absolute atomic E-state index is 0.0408. The number of hydrogen-bond donors (Lipinski definition) is 1. The third-order valence-corrected chi connectivity index (χ3v) is 5.17. The molecule has 0 bridgehead atoms. The number of nitrogens with one attached hydrogen (secondary N) is 1. The van der Waals surface area contributed by atoms with Gasteiger partial charge in [0.25, 0.3) is 0 Å². The highest BCUT2D eigenvalue weighted by Crippen LogP contribution is 2.23. The lowest BCUT2D eigenvalue weighted by molar-refractivity contribution is 0.861. The van der Waals surface area contributed by atoms with E-state index in [2.05, 4.69) is 20.3 Å². The summed E-state index contributed by atoms with van der Waals surface area (Å²) in [4.78, 5) is 25.2. The molecule has 0 radical (unpaired) electrons. The molecular weight excluding hydrogens is 388 g/mol. The van der Waals surface area contributed by atoms with E-state index in [1.54, 1.807) is 36.1 Å². The van der Waals surface area contributed by atoms with E-state index < -0.39 is 0 Å². The zero-order chi connectivity index (χ0) is 21.2. The highest BCUT2D eigenvalue weighted by Gasteiger charge is 2.10. The fourth-order valence-corrected chi connectivity index (χ4v) is 3.50. The van der Waals surface area contributed by atoms with E-state index >= 15 is 0 Å². The van der Waals surface area contributed by atoms with Gasteiger partial charge in [-0.25, -0.2) is 9.97 Å². The maximum atomic E-state index is 11.6. The normalized spacial score (nSPS) is 11.0. The van der Waals surface area contributed by atoms with Crippen LogP contribution in [0.2, 0.25) is 0 Å². The average Bonchev–Trinajstić information content (AvgIpc) is 3.25. The van der Waals surface area contributed by atoms with Crippen molar-refractivity contribution in [3.05, 3.63) is 101 Å². The van der Waals surface area contributed by atoms with Crippen LogP contribution in [0.15, 0.2) is 90.4 Å². The van der Waals surface area contributed by atoms with Crippen molar-refractivity contribution in [2.24, 2.45) is 7.05 Å². The number of pyridine rings is 3. The third kappa shape index (κ3) is 3.69. The van der Waals surface area contributed by atoms with Crippen molar-refractivity contribution < 1.29 is 0 Å². The highest BCUT2D eigenvalue weighted by molar-refractivity contribution is 5.87. The molecule has 1 aromatic carbocycles. The quantitative estimate of drug-likeness (QED) is 0.479. The molecule has 7 nitrogen and oxygen atoms in total. The van der Waals surface area contributed by atoms with Gasteiger partial charge in [0, 0.05) is 49.5 Å². The van der Waals surface area contributed by atoms with Gasteiger partial charge in [0.1, 0.15) is 11.8 Å². The fraction of sp³-hybridized carbons (Fsp3) is 0.0833. The summed E-state index contributed by atoms with van der Waals surface area (Å²) >= 11 is 0. The molecule has 5 rings (SSSR count). The Hall–Kier alpha value is -4.26. The summed E-state index contributed by atoms with van der Waals surface area (Å²) in [6.45, 7) is 0.574. The van der Waals surface area contributed by atoms with E-state index in [9.17, 15) is 4.79 Å². The molecule has 0 saturated carbocycles. The molecule has 31 heavy (non-hydrogen) atoms. The van der Waals surface area contributed by atoms with E-state index in [0.717, 1.165) is 39.4 Å². The molecule has 0 fully saturated rings. The van der Waals surface area contributed by atoms with Crippen molar-refractivity contribution >= 4 is 16.9 Å². The monoisotopic (exact) mass is 408 g/mol. The smallest absolute Gasteiger partial charge is 0.250 e. The zero-order valence-electron chi connectivity index (χ0n) is 16.9. The first-order valence-corrected chi connectivity index (χ1v) is 9.92. The topological polar surface area (TPSA) is 77.6 Å². The second-order valence-corrected chi connectivity index (χ2v) is 7.25.